The lowest BCUT2D eigenvalue weighted by atomic mass is 9.78. The molecule has 2 aromatic carbocycles. The third-order valence-corrected chi connectivity index (χ3v) is 5.92. The number of hydrogen-bond acceptors (Lipinski definition) is 3. The first-order chi connectivity index (χ1) is 14.7. The molecular formula is C28H40O3. The average molecular weight is 425 g/mol. The number of aryl methyl sites for hydroxylation is 1. The molecule has 0 atom stereocenters. The lowest BCUT2D eigenvalue weighted by molar-refractivity contribution is 0.0226. The third-order valence-electron chi connectivity index (χ3n) is 5.92. The van der Waals surface area contributed by atoms with Crippen LogP contribution in [0.3, 0.4) is 0 Å². The summed E-state index contributed by atoms with van der Waals surface area (Å²) in [4.78, 5) is 0. The van der Waals surface area contributed by atoms with Crippen LogP contribution in [-0.4, -0.2) is 18.5 Å². The zero-order valence-electron chi connectivity index (χ0n) is 20.3. The van der Waals surface area contributed by atoms with Crippen molar-refractivity contribution in [3.05, 3.63) is 53.6 Å². The van der Waals surface area contributed by atoms with Crippen LogP contribution in [0.15, 0.2) is 36.9 Å². The second-order valence-electron chi connectivity index (χ2n) is 9.15. The highest BCUT2D eigenvalue weighted by atomic mass is 16.7. The Labute approximate surface area is 189 Å². The quantitative estimate of drug-likeness (QED) is 0.277. The molecule has 0 heterocycles. The maximum absolute atomic E-state index is 11.2. The maximum Gasteiger partial charge on any atom is 0.189 e. The van der Waals surface area contributed by atoms with Crippen LogP contribution in [0.4, 0.5) is 0 Å². The van der Waals surface area contributed by atoms with Gasteiger partial charge in [0.15, 0.2) is 6.79 Å². The van der Waals surface area contributed by atoms with Gasteiger partial charge in [-0.15, -0.1) is 0 Å². The van der Waals surface area contributed by atoms with Crippen molar-refractivity contribution in [1.82, 2.24) is 0 Å². The summed E-state index contributed by atoms with van der Waals surface area (Å²) in [5, 5.41) is 11.2. The fourth-order valence-corrected chi connectivity index (χ4v) is 3.94. The molecule has 0 saturated heterocycles. The van der Waals surface area contributed by atoms with Crippen LogP contribution >= 0.6 is 0 Å². The Morgan fingerprint density at radius 1 is 1.06 bits per heavy atom. The summed E-state index contributed by atoms with van der Waals surface area (Å²) in [6.45, 7) is 17.6. The fourth-order valence-electron chi connectivity index (χ4n) is 3.94. The smallest absolute Gasteiger partial charge is 0.189 e. The van der Waals surface area contributed by atoms with Crippen molar-refractivity contribution in [2.24, 2.45) is 0 Å². The summed E-state index contributed by atoms with van der Waals surface area (Å²) in [7, 11) is 0. The van der Waals surface area contributed by atoms with E-state index in [2.05, 4.69) is 58.5 Å². The second-order valence-corrected chi connectivity index (χ2v) is 9.15. The Balaban J connectivity index is 2.55. The van der Waals surface area contributed by atoms with E-state index < -0.39 is 0 Å². The van der Waals surface area contributed by atoms with Gasteiger partial charge in [0, 0.05) is 6.61 Å². The molecule has 0 aliphatic heterocycles. The fraction of sp³-hybridized carbons (Fsp3) is 0.500. The molecule has 3 heteroatoms. The number of allylic oxidation sites excluding steroid dienone is 1. The number of benzene rings is 2. The minimum atomic E-state index is -0.0583. The molecule has 0 amide bonds. The van der Waals surface area contributed by atoms with Crippen LogP contribution < -0.4 is 4.74 Å². The molecule has 2 aromatic rings. The number of rotatable bonds is 12. The number of unbranched alkanes of at least 4 members (excludes halogenated alkanes) is 3. The number of phenols is 1. The van der Waals surface area contributed by atoms with Gasteiger partial charge in [-0.3, -0.25) is 0 Å². The van der Waals surface area contributed by atoms with Gasteiger partial charge < -0.3 is 14.6 Å². The summed E-state index contributed by atoms with van der Waals surface area (Å²) in [6.07, 6.45) is 5.98. The van der Waals surface area contributed by atoms with Crippen molar-refractivity contribution >= 4 is 5.57 Å². The van der Waals surface area contributed by atoms with Gasteiger partial charge in [-0.2, -0.15) is 0 Å². The molecule has 0 bridgehead atoms. The maximum atomic E-state index is 11.2. The highest BCUT2D eigenvalue weighted by Gasteiger charge is 2.25. The van der Waals surface area contributed by atoms with Crippen molar-refractivity contribution < 1.29 is 14.6 Å². The van der Waals surface area contributed by atoms with Crippen molar-refractivity contribution in [2.45, 2.75) is 79.1 Å². The second kappa shape index (κ2) is 11.4. The van der Waals surface area contributed by atoms with E-state index in [1.807, 2.05) is 19.9 Å². The van der Waals surface area contributed by atoms with Gasteiger partial charge in [-0.05, 0) is 61.4 Å². The highest BCUT2D eigenvalue weighted by Crippen LogP contribution is 2.45. The molecule has 0 spiro atoms. The molecule has 3 nitrogen and oxygen atoms in total. The Kier molecular flexibility index (Phi) is 9.18. The third kappa shape index (κ3) is 6.61. The summed E-state index contributed by atoms with van der Waals surface area (Å²) in [6, 6.07) is 10.2. The van der Waals surface area contributed by atoms with E-state index in [-0.39, 0.29) is 18.0 Å². The minimum absolute atomic E-state index is 0.0583. The van der Waals surface area contributed by atoms with E-state index >= 15 is 0 Å². The molecule has 1 N–H and O–H groups in total. The van der Waals surface area contributed by atoms with Crippen molar-refractivity contribution in [1.29, 1.82) is 0 Å². The molecule has 0 saturated carbocycles. The topological polar surface area (TPSA) is 38.7 Å². The van der Waals surface area contributed by atoms with Crippen LogP contribution in [0.2, 0.25) is 0 Å². The van der Waals surface area contributed by atoms with E-state index in [0.29, 0.717) is 17.9 Å². The molecule has 0 unspecified atom stereocenters. The molecule has 2 rings (SSSR count). The van der Waals surface area contributed by atoms with Crippen LogP contribution in [-0.2, 0) is 10.2 Å². The van der Waals surface area contributed by atoms with Crippen molar-refractivity contribution in [2.75, 3.05) is 13.4 Å². The van der Waals surface area contributed by atoms with E-state index in [1.165, 1.54) is 25.7 Å². The summed E-state index contributed by atoms with van der Waals surface area (Å²) in [5.74, 6) is 0.886. The first-order valence-corrected chi connectivity index (χ1v) is 11.6. The molecule has 0 aliphatic carbocycles. The van der Waals surface area contributed by atoms with Crippen molar-refractivity contribution in [3.63, 3.8) is 0 Å². The van der Waals surface area contributed by atoms with Gasteiger partial charge in [0.2, 0.25) is 0 Å². The lowest BCUT2D eigenvalue weighted by Gasteiger charge is -2.27. The zero-order valence-corrected chi connectivity index (χ0v) is 20.3. The van der Waals surface area contributed by atoms with E-state index in [1.54, 1.807) is 0 Å². The number of ether oxygens (including phenoxy) is 2. The van der Waals surface area contributed by atoms with Gasteiger partial charge in [-0.1, -0.05) is 82.4 Å². The largest absolute Gasteiger partial charge is 0.507 e. The molecule has 0 fully saturated rings. The minimum Gasteiger partial charge on any atom is -0.507 e. The molecule has 0 aromatic heterocycles. The number of aromatic hydroxyl groups is 1. The van der Waals surface area contributed by atoms with Gasteiger partial charge >= 0.3 is 0 Å². The van der Waals surface area contributed by atoms with Gasteiger partial charge in [0.1, 0.15) is 11.5 Å². The Morgan fingerprint density at radius 3 is 2.45 bits per heavy atom. The molecule has 31 heavy (non-hydrogen) atoms. The standard InChI is InChI=1S/C28H40O3/c1-8-10-11-12-15-28(6,7)22-17-25(29)27(26(18-22)31-19-30-9-2)24-16-21(5)13-14-23(24)20(3)4/h13-14,16-18,29H,3,8-12,15,19H2,1-2,4-7H3. The van der Waals surface area contributed by atoms with E-state index in [4.69, 9.17) is 9.47 Å². The molecule has 170 valence electrons. The average Bonchev–Trinajstić information content (AvgIpc) is 2.71. The van der Waals surface area contributed by atoms with Crippen LogP contribution in [0.1, 0.15) is 83.4 Å². The Morgan fingerprint density at radius 2 is 1.81 bits per heavy atom. The lowest BCUT2D eigenvalue weighted by Crippen LogP contribution is -2.17. The summed E-state index contributed by atoms with van der Waals surface area (Å²) < 4.78 is 11.5. The zero-order chi connectivity index (χ0) is 23.0. The first kappa shape index (κ1) is 25.0. The monoisotopic (exact) mass is 424 g/mol. The summed E-state index contributed by atoms with van der Waals surface area (Å²) in [5.41, 5.74) is 5.74. The molecule has 0 aliphatic rings. The molecular weight excluding hydrogens is 384 g/mol. The van der Waals surface area contributed by atoms with Crippen LogP contribution in [0.5, 0.6) is 11.5 Å². The normalized spacial score (nSPS) is 11.5. The first-order valence-electron chi connectivity index (χ1n) is 11.6. The predicted molar refractivity (Wildman–Crippen MR) is 132 cm³/mol. The highest BCUT2D eigenvalue weighted by molar-refractivity contribution is 5.86. The number of hydrogen-bond donors (Lipinski definition) is 1. The van der Waals surface area contributed by atoms with Gasteiger partial charge in [0.05, 0.1) is 5.56 Å². The molecule has 0 radical (unpaired) electrons. The van der Waals surface area contributed by atoms with Crippen molar-refractivity contribution in [3.8, 4) is 22.6 Å². The van der Waals surface area contributed by atoms with Crippen LogP contribution in [0, 0.1) is 6.92 Å². The SMILES string of the molecule is C=C(C)c1ccc(C)cc1-c1c(O)cc(C(C)(C)CCCCCC)cc1OCOCC. The van der Waals surface area contributed by atoms with Gasteiger partial charge in [-0.25, -0.2) is 0 Å². The van der Waals surface area contributed by atoms with Gasteiger partial charge in [0.25, 0.3) is 0 Å². The van der Waals surface area contributed by atoms with E-state index in [9.17, 15) is 5.11 Å². The summed E-state index contributed by atoms with van der Waals surface area (Å²) >= 11 is 0. The van der Waals surface area contributed by atoms with Crippen LogP contribution in [0.25, 0.3) is 16.7 Å². The Bertz CT molecular complexity index is 880. The number of phenolic OH excluding ortho intramolecular Hbond substituents is 1. The Hall–Kier alpha value is -2.26. The predicted octanol–water partition coefficient (Wildman–Crippen LogP) is 8.02. The van der Waals surface area contributed by atoms with E-state index in [0.717, 1.165) is 34.2 Å².